The number of nitrogens with two attached hydrogens (primary N) is 1. The molecule has 0 bridgehead atoms. The minimum absolute atomic E-state index is 0.255. The highest BCUT2D eigenvalue weighted by molar-refractivity contribution is 5.38. The molecule has 0 aliphatic rings. The zero-order chi connectivity index (χ0) is 15.1. The Kier molecular flexibility index (Phi) is 7.20. The highest BCUT2D eigenvalue weighted by Crippen LogP contribution is 2.21. The Morgan fingerprint density at radius 2 is 1.65 bits per heavy atom. The van der Waals surface area contributed by atoms with Crippen LogP contribution in [0.3, 0.4) is 0 Å². The SMILES string of the molecule is CCN(CC)CCNC(CN)c1cc(C)c(C)cc1C. The van der Waals surface area contributed by atoms with Crippen LogP contribution in [0.1, 0.15) is 42.1 Å². The van der Waals surface area contributed by atoms with Crippen LogP contribution >= 0.6 is 0 Å². The smallest absolute Gasteiger partial charge is 0.0447 e. The molecule has 0 aliphatic carbocycles. The molecule has 1 unspecified atom stereocenters. The first-order valence-corrected chi connectivity index (χ1v) is 7.76. The van der Waals surface area contributed by atoms with Crippen molar-refractivity contribution < 1.29 is 0 Å². The number of hydrogen-bond acceptors (Lipinski definition) is 3. The summed E-state index contributed by atoms with van der Waals surface area (Å²) in [5.41, 5.74) is 11.3. The van der Waals surface area contributed by atoms with Gasteiger partial charge in [0.1, 0.15) is 0 Å². The largest absolute Gasteiger partial charge is 0.329 e. The summed E-state index contributed by atoms with van der Waals surface area (Å²) in [6.07, 6.45) is 0. The van der Waals surface area contributed by atoms with Crippen LogP contribution in [0.2, 0.25) is 0 Å². The summed E-state index contributed by atoms with van der Waals surface area (Å²) in [6, 6.07) is 4.80. The average molecular weight is 277 g/mol. The Bertz CT molecular complexity index is 411. The van der Waals surface area contributed by atoms with E-state index in [1.807, 2.05) is 0 Å². The molecule has 1 aromatic rings. The van der Waals surface area contributed by atoms with E-state index in [2.05, 4.69) is 57.0 Å². The van der Waals surface area contributed by atoms with Gasteiger partial charge in [-0.05, 0) is 56.1 Å². The molecular weight excluding hydrogens is 246 g/mol. The molecule has 1 atom stereocenters. The summed E-state index contributed by atoms with van der Waals surface area (Å²) in [5.74, 6) is 0. The zero-order valence-electron chi connectivity index (χ0n) is 13.8. The van der Waals surface area contributed by atoms with Gasteiger partial charge in [-0.3, -0.25) is 0 Å². The van der Waals surface area contributed by atoms with Crippen molar-refractivity contribution in [2.45, 2.75) is 40.7 Å². The van der Waals surface area contributed by atoms with Gasteiger partial charge in [-0.25, -0.2) is 0 Å². The third-order valence-corrected chi connectivity index (χ3v) is 4.21. The molecule has 1 aromatic carbocycles. The van der Waals surface area contributed by atoms with E-state index in [0.717, 1.165) is 26.2 Å². The van der Waals surface area contributed by atoms with E-state index in [1.54, 1.807) is 0 Å². The monoisotopic (exact) mass is 277 g/mol. The molecule has 0 saturated carbocycles. The first-order valence-electron chi connectivity index (χ1n) is 7.76. The highest BCUT2D eigenvalue weighted by atomic mass is 15.1. The Labute approximate surface area is 124 Å². The molecule has 114 valence electrons. The number of benzene rings is 1. The Balaban J connectivity index is 2.69. The number of likely N-dealkylation sites (N-methyl/N-ethyl adjacent to an activating group) is 1. The normalized spacial score (nSPS) is 12.9. The molecule has 0 spiro atoms. The Hall–Kier alpha value is -0.900. The van der Waals surface area contributed by atoms with E-state index < -0.39 is 0 Å². The fourth-order valence-corrected chi connectivity index (χ4v) is 2.62. The maximum atomic E-state index is 5.97. The van der Waals surface area contributed by atoms with Gasteiger partial charge in [-0.15, -0.1) is 0 Å². The summed E-state index contributed by atoms with van der Waals surface area (Å²) >= 11 is 0. The van der Waals surface area contributed by atoms with Gasteiger partial charge < -0.3 is 16.0 Å². The summed E-state index contributed by atoms with van der Waals surface area (Å²) in [7, 11) is 0. The zero-order valence-corrected chi connectivity index (χ0v) is 13.8. The fraction of sp³-hybridized carbons (Fsp3) is 0.647. The number of aryl methyl sites for hydroxylation is 3. The molecular formula is C17H31N3. The molecule has 3 nitrogen and oxygen atoms in total. The lowest BCUT2D eigenvalue weighted by molar-refractivity contribution is 0.296. The Morgan fingerprint density at radius 1 is 1.05 bits per heavy atom. The van der Waals surface area contributed by atoms with Crippen molar-refractivity contribution in [1.29, 1.82) is 0 Å². The number of hydrogen-bond donors (Lipinski definition) is 2. The van der Waals surface area contributed by atoms with Crippen LogP contribution in [0.4, 0.5) is 0 Å². The quantitative estimate of drug-likeness (QED) is 0.767. The maximum Gasteiger partial charge on any atom is 0.0447 e. The van der Waals surface area contributed by atoms with Crippen molar-refractivity contribution in [3.05, 3.63) is 34.4 Å². The van der Waals surface area contributed by atoms with E-state index in [-0.39, 0.29) is 6.04 Å². The lowest BCUT2D eigenvalue weighted by Crippen LogP contribution is -2.36. The van der Waals surface area contributed by atoms with E-state index in [4.69, 9.17) is 5.73 Å². The summed E-state index contributed by atoms with van der Waals surface area (Å²) in [6.45, 7) is 15.8. The van der Waals surface area contributed by atoms with Crippen molar-refractivity contribution >= 4 is 0 Å². The molecule has 0 radical (unpaired) electrons. The van der Waals surface area contributed by atoms with E-state index in [0.29, 0.717) is 6.54 Å². The minimum atomic E-state index is 0.255. The van der Waals surface area contributed by atoms with Gasteiger partial charge in [0.15, 0.2) is 0 Å². The predicted molar refractivity (Wildman–Crippen MR) is 88.2 cm³/mol. The average Bonchev–Trinajstić information content (AvgIpc) is 2.44. The molecule has 1 rings (SSSR count). The van der Waals surface area contributed by atoms with E-state index in [1.165, 1.54) is 22.3 Å². The minimum Gasteiger partial charge on any atom is -0.329 e. The van der Waals surface area contributed by atoms with Crippen molar-refractivity contribution in [1.82, 2.24) is 10.2 Å². The van der Waals surface area contributed by atoms with Crippen LogP contribution in [-0.4, -0.2) is 37.6 Å². The molecule has 0 aromatic heterocycles. The lowest BCUT2D eigenvalue weighted by atomic mass is 9.96. The van der Waals surface area contributed by atoms with Crippen molar-refractivity contribution in [2.75, 3.05) is 32.7 Å². The first-order chi connectivity index (χ1) is 9.53. The van der Waals surface area contributed by atoms with Crippen molar-refractivity contribution in [3.8, 4) is 0 Å². The van der Waals surface area contributed by atoms with Crippen LogP contribution < -0.4 is 11.1 Å². The van der Waals surface area contributed by atoms with Gasteiger partial charge in [-0.2, -0.15) is 0 Å². The molecule has 0 fully saturated rings. The van der Waals surface area contributed by atoms with Crippen LogP contribution in [0.15, 0.2) is 12.1 Å². The van der Waals surface area contributed by atoms with Crippen molar-refractivity contribution in [2.24, 2.45) is 5.73 Å². The van der Waals surface area contributed by atoms with Crippen LogP contribution in [0, 0.1) is 20.8 Å². The van der Waals surface area contributed by atoms with Crippen LogP contribution in [0.25, 0.3) is 0 Å². The van der Waals surface area contributed by atoms with Gasteiger partial charge in [-0.1, -0.05) is 26.0 Å². The summed E-state index contributed by atoms with van der Waals surface area (Å²) in [5, 5.41) is 3.61. The molecule has 20 heavy (non-hydrogen) atoms. The number of nitrogens with one attached hydrogen (secondary N) is 1. The topological polar surface area (TPSA) is 41.3 Å². The van der Waals surface area contributed by atoms with Crippen LogP contribution in [-0.2, 0) is 0 Å². The Morgan fingerprint density at radius 3 is 2.20 bits per heavy atom. The van der Waals surface area contributed by atoms with E-state index >= 15 is 0 Å². The van der Waals surface area contributed by atoms with Gasteiger partial charge in [0.2, 0.25) is 0 Å². The summed E-state index contributed by atoms with van der Waals surface area (Å²) < 4.78 is 0. The fourth-order valence-electron chi connectivity index (χ4n) is 2.62. The number of nitrogens with zero attached hydrogens (tertiary/aromatic N) is 1. The first kappa shape index (κ1) is 17.2. The second kappa shape index (κ2) is 8.40. The standard InChI is InChI=1S/C17H31N3/c1-6-20(7-2)9-8-19-17(12-18)16-11-14(4)13(3)10-15(16)5/h10-11,17,19H,6-9,12,18H2,1-5H3. The van der Waals surface area contributed by atoms with Crippen molar-refractivity contribution in [3.63, 3.8) is 0 Å². The highest BCUT2D eigenvalue weighted by Gasteiger charge is 2.13. The second-order valence-corrected chi connectivity index (χ2v) is 5.56. The molecule has 0 aliphatic heterocycles. The molecule has 0 heterocycles. The lowest BCUT2D eigenvalue weighted by Gasteiger charge is -2.23. The molecule has 3 N–H and O–H groups in total. The van der Waals surface area contributed by atoms with Gasteiger partial charge in [0.25, 0.3) is 0 Å². The van der Waals surface area contributed by atoms with Crippen LogP contribution in [0.5, 0.6) is 0 Å². The van der Waals surface area contributed by atoms with Gasteiger partial charge >= 0.3 is 0 Å². The third-order valence-electron chi connectivity index (χ3n) is 4.21. The predicted octanol–water partition coefficient (Wildman–Crippen LogP) is 2.54. The molecule has 3 heteroatoms. The number of rotatable bonds is 8. The molecule has 0 amide bonds. The van der Waals surface area contributed by atoms with Gasteiger partial charge in [0, 0.05) is 25.7 Å². The summed E-state index contributed by atoms with van der Waals surface area (Å²) in [4.78, 5) is 2.42. The van der Waals surface area contributed by atoms with Gasteiger partial charge in [0.05, 0.1) is 0 Å². The second-order valence-electron chi connectivity index (χ2n) is 5.56. The maximum absolute atomic E-state index is 5.97. The van der Waals surface area contributed by atoms with E-state index in [9.17, 15) is 0 Å². The molecule has 0 saturated heterocycles. The third kappa shape index (κ3) is 4.58.